The maximum atomic E-state index is 11.8. The Morgan fingerprint density at radius 3 is 2.22 bits per heavy atom. The quantitative estimate of drug-likeness (QED) is 0.498. The lowest BCUT2D eigenvalue weighted by Gasteiger charge is -2.16. The van der Waals surface area contributed by atoms with Gasteiger partial charge in [0.25, 0.3) is 0 Å². The molecule has 1 fully saturated rings. The van der Waals surface area contributed by atoms with Gasteiger partial charge in [0.05, 0.1) is 0 Å². The Kier molecular flexibility index (Phi) is 8.97. The van der Waals surface area contributed by atoms with Crippen molar-refractivity contribution in [3.8, 4) is 0 Å². The summed E-state index contributed by atoms with van der Waals surface area (Å²) in [6.45, 7) is 2.24. The molecule has 106 valence electrons. The average molecular weight is 253 g/mol. The van der Waals surface area contributed by atoms with Crippen molar-refractivity contribution in [2.24, 2.45) is 0 Å². The van der Waals surface area contributed by atoms with Gasteiger partial charge in [0, 0.05) is 12.5 Å². The predicted molar refractivity (Wildman–Crippen MR) is 77.6 cm³/mol. The Bertz CT molecular complexity index is 207. The number of amides is 1. The number of hydrogen-bond donors (Lipinski definition) is 1. The van der Waals surface area contributed by atoms with Crippen LogP contribution in [0.25, 0.3) is 0 Å². The molecule has 18 heavy (non-hydrogen) atoms. The van der Waals surface area contributed by atoms with Gasteiger partial charge in [-0.3, -0.25) is 4.79 Å². The molecule has 0 aliphatic heterocycles. The van der Waals surface area contributed by atoms with Crippen LogP contribution in [-0.4, -0.2) is 11.9 Å². The van der Waals surface area contributed by atoms with Crippen molar-refractivity contribution in [3.05, 3.63) is 0 Å². The molecule has 0 heterocycles. The van der Waals surface area contributed by atoms with Crippen molar-refractivity contribution in [3.63, 3.8) is 0 Å². The molecule has 0 bridgehead atoms. The van der Waals surface area contributed by atoms with Gasteiger partial charge in [-0.15, -0.1) is 0 Å². The number of rotatable bonds is 8. The van der Waals surface area contributed by atoms with Gasteiger partial charge >= 0.3 is 0 Å². The van der Waals surface area contributed by atoms with Crippen LogP contribution in [0.15, 0.2) is 0 Å². The number of carbonyl (C=O) groups is 1. The molecule has 0 spiro atoms. The van der Waals surface area contributed by atoms with E-state index in [1.807, 2.05) is 0 Å². The fourth-order valence-electron chi connectivity index (χ4n) is 2.79. The normalized spacial score (nSPS) is 17.4. The number of nitrogens with one attached hydrogen (secondary N) is 1. The van der Waals surface area contributed by atoms with E-state index in [0.29, 0.717) is 6.04 Å². The van der Waals surface area contributed by atoms with E-state index in [9.17, 15) is 4.79 Å². The number of unbranched alkanes of at least 4 members (excludes halogenated alkanes) is 5. The third-order valence-corrected chi connectivity index (χ3v) is 3.98. The summed E-state index contributed by atoms with van der Waals surface area (Å²) in [6.07, 6.45) is 16.0. The first kappa shape index (κ1) is 15.5. The number of carbonyl (C=O) groups excluding carboxylic acids is 1. The summed E-state index contributed by atoms with van der Waals surface area (Å²) in [5.74, 6) is 0.289. The van der Waals surface area contributed by atoms with Crippen LogP contribution in [0.2, 0.25) is 0 Å². The second kappa shape index (κ2) is 10.4. The van der Waals surface area contributed by atoms with Crippen LogP contribution < -0.4 is 5.32 Å². The Morgan fingerprint density at radius 1 is 0.944 bits per heavy atom. The number of hydrogen-bond acceptors (Lipinski definition) is 1. The van der Waals surface area contributed by atoms with Crippen molar-refractivity contribution in [2.75, 3.05) is 0 Å². The maximum absolute atomic E-state index is 11.8. The summed E-state index contributed by atoms with van der Waals surface area (Å²) in [4.78, 5) is 11.8. The zero-order valence-corrected chi connectivity index (χ0v) is 12.2. The van der Waals surface area contributed by atoms with Gasteiger partial charge in [-0.05, 0) is 19.3 Å². The van der Waals surface area contributed by atoms with Gasteiger partial charge in [-0.2, -0.15) is 0 Å². The predicted octanol–water partition coefficient (Wildman–Crippen LogP) is 4.58. The molecule has 2 nitrogen and oxygen atoms in total. The molecular formula is C16H31NO. The smallest absolute Gasteiger partial charge is 0.220 e. The molecular weight excluding hydrogens is 222 g/mol. The molecule has 1 aliphatic rings. The third-order valence-electron chi connectivity index (χ3n) is 3.98. The molecule has 0 radical (unpaired) electrons. The van der Waals surface area contributed by atoms with E-state index in [-0.39, 0.29) is 5.91 Å². The standard InChI is InChI=1S/C16H31NO/c1-2-3-4-5-6-11-14-16(18)17-15-12-9-7-8-10-13-15/h15H,2-14H2,1H3,(H,17,18). The van der Waals surface area contributed by atoms with E-state index >= 15 is 0 Å². The van der Waals surface area contributed by atoms with Crippen LogP contribution in [-0.2, 0) is 4.79 Å². The van der Waals surface area contributed by atoms with E-state index in [4.69, 9.17) is 0 Å². The second-order valence-electron chi connectivity index (χ2n) is 5.77. The molecule has 0 atom stereocenters. The highest BCUT2D eigenvalue weighted by molar-refractivity contribution is 5.76. The van der Waals surface area contributed by atoms with Crippen LogP contribution in [0.4, 0.5) is 0 Å². The van der Waals surface area contributed by atoms with Gasteiger partial charge in [0.2, 0.25) is 5.91 Å². The second-order valence-corrected chi connectivity index (χ2v) is 5.77. The van der Waals surface area contributed by atoms with E-state index < -0.39 is 0 Å². The van der Waals surface area contributed by atoms with Crippen LogP contribution in [0.5, 0.6) is 0 Å². The lowest BCUT2D eigenvalue weighted by Crippen LogP contribution is -2.34. The van der Waals surface area contributed by atoms with Crippen LogP contribution >= 0.6 is 0 Å². The topological polar surface area (TPSA) is 29.1 Å². The minimum Gasteiger partial charge on any atom is -0.353 e. The highest BCUT2D eigenvalue weighted by Crippen LogP contribution is 2.17. The van der Waals surface area contributed by atoms with Crippen molar-refractivity contribution < 1.29 is 4.79 Å². The monoisotopic (exact) mass is 253 g/mol. The maximum Gasteiger partial charge on any atom is 0.220 e. The van der Waals surface area contributed by atoms with Gasteiger partial charge < -0.3 is 5.32 Å². The van der Waals surface area contributed by atoms with Crippen molar-refractivity contribution in [1.82, 2.24) is 5.32 Å². The third kappa shape index (κ3) is 7.73. The van der Waals surface area contributed by atoms with Gasteiger partial charge in [0.1, 0.15) is 0 Å². The van der Waals surface area contributed by atoms with Gasteiger partial charge in [0.15, 0.2) is 0 Å². The Labute approximate surface area is 113 Å². The minimum absolute atomic E-state index is 0.289. The van der Waals surface area contributed by atoms with E-state index in [0.717, 1.165) is 12.8 Å². The van der Waals surface area contributed by atoms with Crippen LogP contribution in [0.1, 0.15) is 90.4 Å². The first-order chi connectivity index (χ1) is 8.83. The first-order valence-electron chi connectivity index (χ1n) is 8.12. The van der Waals surface area contributed by atoms with Crippen molar-refractivity contribution in [2.45, 2.75) is 96.4 Å². The zero-order valence-electron chi connectivity index (χ0n) is 12.2. The molecule has 1 N–H and O–H groups in total. The fourth-order valence-corrected chi connectivity index (χ4v) is 2.79. The summed E-state index contributed by atoms with van der Waals surface area (Å²) < 4.78 is 0. The molecule has 1 amide bonds. The molecule has 0 aromatic rings. The first-order valence-corrected chi connectivity index (χ1v) is 8.12. The van der Waals surface area contributed by atoms with Gasteiger partial charge in [-0.1, -0.05) is 64.7 Å². The molecule has 0 aromatic carbocycles. The zero-order chi connectivity index (χ0) is 13.1. The molecule has 2 heteroatoms. The summed E-state index contributed by atoms with van der Waals surface area (Å²) in [7, 11) is 0. The Hall–Kier alpha value is -0.530. The van der Waals surface area contributed by atoms with Crippen molar-refractivity contribution in [1.29, 1.82) is 0 Å². The Morgan fingerprint density at radius 2 is 1.56 bits per heavy atom. The highest BCUT2D eigenvalue weighted by atomic mass is 16.1. The van der Waals surface area contributed by atoms with E-state index in [1.165, 1.54) is 70.6 Å². The van der Waals surface area contributed by atoms with Crippen LogP contribution in [0.3, 0.4) is 0 Å². The highest BCUT2D eigenvalue weighted by Gasteiger charge is 2.13. The minimum atomic E-state index is 0.289. The molecule has 0 aromatic heterocycles. The summed E-state index contributed by atoms with van der Waals surface area (Å²) in [5, 5.41) is 3.22. The van der Waals surface area contributed by atoms with Gasteiger partial charge in [-0.25, -0.2) is 0 Å². The Balaban J connectivity index is 1.98. The van der Waals surface area contributed by atoms with E-state index in [2.05, 4.69) is 12.2 Å². The fraction of sp³-hybridized carbons (Fsp3) is 0.938. The molecule has 1 rings (SSSR count). The average Bonchev–Trinajstić information content (AvgIpc) is 2.62. The molecule has 0 saturated heterocycles. The summed E-state index contributed by atoms with van der Waals surface area (Å²) in [6, 6.07) is 0.472. The largest absolute Gasteiger partial charge is 0.353 e. The molecule has 1 saturated carbocycles. The lowest BCUT2D eigenvalue weighted by molar-refractivity contribution is -0.122. The summed E-state index contributed by atoms with van der Waals surface area (Å²) >= 11 is 0. The SMILES string of the molecule is CCCCCCCCC(=O)NC1CCCCCC1. The van der Waals surface area contributed by atoms with Crippen LogP contribution in [0, 0.1) is 0 Å². The molecule has 1 aliphatic carbocycles. The summed E-state index contributed by atoms with van der Waals surface area (Å²) in [5.41, 5.74) is 0. The lowest BCUT2D eigenvalue weighted by atomic mass is 10.1. The van der Waals surface area contributed by atoms with Crippen molar-refractivity contribution >= 4 is 5.91 Å². The molecule has 0 unspecified atom stereocenters. The van der Waals surface area contributed by atoms with E-state index in [1.54, 1.807) is 0 Å².